The fraction of sp³-hybridized carbons (Fsp3) is 0.154. The van der Waals surface area contributed by atoms with E-state index in [4.69, 9.17) is 32.7 Å². The van der Waals surface area contributed by atoms with Gasteiger partial charge in [-0.25, -0.2) is 5.43 Å². The highest BCUT2D eigenvalue weighted by molar-refractivity contribution is 6.44. The Bertz CT molecular complexity index is 1260. The normalized spacial score (nSPS) is 10.6. The average molecular weight is 543 g/mol. The third-order valence-corrected chi connectivity index (χ3v) is 5.47. The van der Waals surface area contributed by atoms with E-state index in [-0.39, 0.29) is 11.6 Å². The molecule has 3 rings (SSSR count). The van der Waals surface area contributed by atoms with Crippen molar-refractivity contribution in [3.63, 3.8) is 0 Å². The van der Waals surface area contributed by atoms with Crippen LogP contribution in [0, 0.1) is 0 Å². The Morgan fingerprint density at radius 1 is 0.865 bits per heavy atom. The molecule has 0 radical (unpaired) electrons. The Kier molecular flexibility index (Phi) is 10.3. The van der Waals surface area contributed by atoms with Gasteiger partial charge < -0.3 is 20.1 Å². The van der Waals surface area contributed by atoms with Gasteiger partial charge in [-0.05, 0) is 72.6 Å². The quantitative estimate of drug-likeness (QED) is 0.191. The zero-order chi connectivity index (χ0) is 26.6. The molecule has 0 spiro atoms. The van der Waals surface area contributed by atoms with Gasteiger partial charge in [0.15, 0.2) is 6.61 Å². The molecule has 0 saturated carbocycles. The first-order valence-electron chi connectivity index (χ1n) is 11.2. The zero-order valence-electron chi connectivity index (χ0n) is 19.8. The van der Waals surface area contributed by atoms with Crippen LogP contribution < -0.4 is 25.5 Å². The number of anilines is 2. The van der Waals surface area contributed by atoms with Gasteiger partial charge in [0.25, 0.3) is 5.91 Å². The number of nitrogens with zero attached hydrogens (tertiary/aromatic N) is 1. The van der Waals surface area contributed by atoms with Crippen molar-refractivity contribution in [2.45, 2.75) is 13.3 Å². The molecule has 3 aromatic rings. The number of nitrogens with one attached hydrogen (secondary N) is 3. The van der Waals surface area contributed by atoms with Gasteiger partial charge in [-0.2, -0.15) is 5.10 Å². The zero-order valence-corrected chi connectivity index (χ0v) is 21.3. The lowest BCUT2D eigenvalue weighted by Gasteiger charge is -2.09. The first-order chi connectivity index (χ1) is 17.9. The molecule has 0 bridgehead atoms. The second-order valence-corrected chi connectivity index (χ2v) is 8.32. The predicted molar refractivity (Wildman–Crippen MR) is 144 cm³/mol. The Hall–Kier alpha value is -4.08. The van der Waals surface area contributed by atoms with E-state index in [1.54, 1.807) is 66.7 Å². The maximum atomic E-state index is 12.1. The molecule has 3 aromatic carbocycles. The lowest BCUT2D eigenvalue weighted by atomic mass is 10.2. The molecule has 0 aliphatic carbocycles. The minimum atomic E-state index is -0.923. The third-order valence-electron chi connectivity index (χ3n) is 4.65. The van der Waals surface area contributed by atoms with Gasteiger partial charge in [-0.15, -0.1) is 0 Å². The number of hydrogen-bond acceptors (Lipinski definition) is 6. The summed E-state index contributed by atoms with van der Waals surface area (Å²) in [5.41, 5.74) is 3.64. The van der Waals surface area contributed by atoms with Crippen LogP contribution in [0.4, 0.5) is 11.4 Å². The van der Waals surface area contributed by atoms with Crippen molar-refractivity contribution in [3.8, 4) is 11.5 Å². The lowest BCUT2D eigenvalue weighted by molar-refractivity contribution is -0.136. The van der Waals surface area contributed by atoms with Gasteiger partial charge in [0.05, 0.1) is 28.6 Å². The van der Waals surface area contributed by atoms with Gasteiger partial charge in [-0.1, -0.05) is 36.2 Å². The first-order valence-corrected chi connectivity index (χ1v) is 11.9. The summed E-state index contributed by atoms with van der Waals surface area (Å²) in [5.74, 6) is -1.07. The SMILES string of the molecule is CCCOc1ccc(NC(=O)C(=O)N/N=C\c2ccc(OCC(=O)Nc3cccc(Cl)c3Cl)cc2)cc1. The molecule has 0 aliphatic heterocycles. The molecule has 11 heteroatoms. The Labute approximate surface area is 223 Å². The molecule has 0 aliphatic rings. The van der Waals surface area contributed by atoms with Gasteiger partial charge in [0, 0.05) is 5.69 Å². The van der Waals surface area contributed by atoms with E-state index in [2.05, 4.69) is 21.2 Å². The van der Waals surface area contributed by atoms with E-state index in [1.165, 1.54) is 6.21 Å². The second kappa shape index (κ2) is 13.9. The van der Waals surface area contributed by atoms with Crippen LogP contribution in [0.15, 0.2) is 71.8 Å². The Morgan fingerprint density at radius 2 is 1.54 bits per heavy atom. The summed E-state index contributed by atoms with van der Waals surface area (Å²) in [5, 5.41) is 9.47. The summed E-state index contributed by atoms with van der Waals surface area (Å²) in [6, 6.07) is 18.2. The topological polar surface area (TPSA) is 118 Å². The number of hydrogen-bond donors (Lipinski definition) is 3. The number of halogens is 2. The monoisotopic (exact) mass is 542 g/mol. The molecule has 37 heavy (non-hydrogen) atoms. The van der Waals surface area contributed by atoms with Gasteiger partial charge >= 0.3 is 11.8 Å². The Morgan fingerprint density at radius 3 is 2.24 bits per heavy atom. The fourth-order valence-corrected chi connectivity index (χ4v) is 3.19. The van der Waals surface area contributed by atoms with Crippen molar-refractivity contribution in [1.82, 2.24) is 5.43 Å². The number of hydrazone groups is 1. The molecular formula is C26H24Cl2N4O5. The van der Waals surface area contributed by atoms with E-state index < -0.39 is 17.7 Å². The van der Waals surface area contributed by atoms with Crippen LogP contribution in [0.2, 0.25) is 10.0 Å². The van der Waals surface area contributed by atoms with Crippen molar-refractivity contribution >= 4 is 58.5 Å². The number of benzene rings is 3. The fourth-order valence-electron chi connectivity index (χ4n) is 2.84. The minimum Gasteiger partial charge on any atom is -0.494 e. The van der Waals surface area contributed by atoms with Crippen LogP contribution in [0.1, 0.15) is 18.9 Å². The van der Waals surface area contributed by atoms with Crippen molar-refractivity contribution in [2.24, 2.45) is 5.10 Å². The smallest absolute Gasteiger partial charge is 0.329 e. The minimum absolute atomic E-state index is 0.240. The van der Waals surface area contributed by atoms with Crippen LogP contribution in [-0.2, 0) is 14.4 Å². The summed E-state index contributed by atoms with van der Waals surface area (Å²) < 4.78 is 10.9. The van der Waals surface area contributed by atoms with E-state index in [0.29, 0.717) is 40.1 Å². The molecule has 0 saturated heterocycles. The van der Waals surface area contributed by atoms with Crippen LogP contribution in [0.3, 0.4) is 0 Å². The van der Waals surface area contributed by atoms with Crippen LogP contribution in [0.25, 0.3) is 0 Å². The molecule has 3 N–H and O–H groups in total. The molecule has 0 atom stereocenters. The van der Waals surface area contributed by atoms with Crippen LogP contribution in [0.5, 0.6) is 11.5 Å². The number of amides is 3. The van der Waals surface area contributed by atoms with E-state index in [0.717, 1.165) is 6.42 Å². The standard InChI is InChI=1S/C26H24Cl2N4O5/c1-2-14-36-19-12-8-18(9-13-19)30-25(34)26(35)32-29-15-17-6-10-20(11-7-17)37-16-23(33)31-22-5-3-4-21(27)24(22)28/h3-13,15H,2,14,16H2,1H3,(H,30,34)(H,31,33)(H,32,35)/b29-15-. The van der Waals surface area contributed by atoms with Crippen molar-refractivity contribution < 1.29 is 23.9 Å². The molecule has 0 fully saturated rings. The highest BCUT2D eigenvalue weighted by atomic mass is 35.5. The van der Waals surface area contributed by atoms with E-state index in [1.807, 2.05) is 6.92 Å². The summed E-state index contributed by atoms with van der Waals surface area (Å²) in [6.07, 6.45) is 2.25. The summed E-state index contributed by atoms with van der Waals surface area (Å²) >= 11 is 12.0. The maximum Gasteiger partial charge on any atom is 0.329 e. The van der Waals surface area contributed by atoms with Gasteiger partial charge in [-0.3, -0.25) is 14.4 Å². The summed E-state index contributed by atoms with van der Waals surface area (Å²) in [6.45, 7) is 2.36. The highest BCUT2D eigenvalue weighted by Crippen LogP contribution is 2.29. The predicted octanol–water partition coefficient (Wildman–Crippen LogP) is 4.89. The molecule has 0 heterocycles. The highest BCUT2D eigenvalue weighted by Gasteiger charge is 2.13. The number of rotatable bonds is 10. The Balaban J connectivity index is 1.42. The molecular weight excluding hydrogens is 519 g/mol. The van der Waals surface area contributed by atoms with Crippen molar-refractivity contribution in [2.75, 3.05) is 23.8 Å². The van der Waals surface area contributed by atoms with E-state index in [9.17, 15) is 14.4 Å². The molecule has 0 aromatic heterocycles. The largest absolute Gasteiger partial charge is 0.494 e. The van der Waals surface area contributed by atoms with Gasteiger partial charge in [0.2, 0.25) is 0 Å². The van der Waals surface area contributed by atoms with E-state index >= 15 is 0 Å². The summed E-state index contributed by atoms with van der Waals surface area (Å²) in [4.78, 5) is 36.1. The number of carbonyl (C=O) groups excluding carboxylic acids is 3. The van der Waals surface area contributed by atoms with Crippen molar-refractivity contribution in [1.29, 1.82) is 0 Å². The molecule has 3 amide bonds. The molecule has 0 unspecified atom stereocenters. The third kappa shape index (κ3) is 8.82. The van der Waals surface area contributed by atoms with Crippen LogP contribution >= 0.6 is 23.2 Å². The molecule has 192 valence electrons. The lowest BCUT2D eigenvalue weighted by Crippen LogP contribution is -2.32. The van der Waals surface area contributed by atoms with Crippen LogP contribution in [-0.4, -0.2) is 37.1 Å². The second-order valence-electron chi connectivity index (χ2n) is 7.53. The van der Waals surface area contributed by atoms with Gasteiger partial charge in [0.1, 0.15) is 11.5 Å². The summed E-state index contributed by atoms with van der Waals surface area (Å²) in [7, 11) is 0. The average Bonchev–Trinajstić information content (AvgIpc) is 2.90. The van der Waals surface area contributed by atoms with Crippen molar-refractivity contribution in [3.05, 3.63) is 82.3 Å². The first kappa shape index (κ1) is 27.5. The molecule has 9 nitrogen and oxygen atoms in total. The maximum absolute atomic E-state index is 12.1. The number of ether oxygens (including phenoxy) is 2. The number of carbonyl (C=O) groups is 3.